The van der Waals surface area contributed by atoms with E-state index in [9.17, 15) is 4.79 Å². The fourth-order valence-corrected chi connectivity index (χ4v) is 2.00. The second-order valence-corrected chi connectivity index (χ2v) is 4.57. The maximum absolute atomic E-state index is 10.7. The number of carbonyl (C=O) groups is 1. The molecule has 1 aromatic carbocycles. The molecule has 0 atom stereocenters. The highest BCUT2D eigenvalue weighted by atomic mass is 35.5. The molecule has 18 heavy (non-hydrogen) atoms. The fourth-order valence-electron chi connectivity index (χ4n) is 1.75. The molecule has 0 saturated carbocycles. The summed E-state index contributed by atoms with van der Waals surface area (Å²) in [7, 11) is 0. The number of aryl methyl sites for hydroxylation is 1. The highest BCUT2D eigenvalue weighted by Gasteiger charge is 2.03. The first-order valence-corrected chi connectivity index (χ1v) is 6.28. The molecule has 92 valence electrons. The molecule has 1 heterocycles. The van der Waals surface area contributed by atoms with E-state index in [0.29, 0.717) is 10.6 Å². The van der Waals surface area contributed by atoms with Gasteiger partial charge in [0.2, 0.25) is 0 Å². The molecule has 0 radical (unpaired) electrons. The van der Waals surface area contributed by atoms with E-state index in [0.717, 1.165) is 30.4 Å². The molecule has 1 aromatic heterocycles. The third kappa shape index (κ3) is 2.96. The quantitative estimate of drug-likeness (QED) is 0.784. The van der Waals surface area contributed by atoms with E-state index in [1.54, 1.807) is 6.07 Å². The van der Waals surface area contributed by atoms with Gasteiger partial charge in [0, 0.05) is 23.9 Å². The van der Waals surface area contributed by atoms with Crippen LogP contribution < -0.4 is 0 Å². The van der Waals surface area contributed by atoms with Crippen LogP contribution in [-0.4, -0.2) is 11.3 Å². The van der Waals surface area contributed by atoms with E-state index >= 15 is 0 Å². The first kappa shape index (κ1) is 12.8. The van der Waals surface area contributed by atoms with Gasteiger partial charge in [-0.1, -0.05) is 30.7 Å². The predicted octanol–water partition coefficient (Wildman–Crippen LogP) is 3.70. The number of hydrogen-bond donors (Lipinski definition) is 0. The summed E-state index contributed by atoms with van der Waals surface area (Å²) in [6.07, 6.45) is 4.38. The van der Waals surface area contributed by atoms with Crippen molar-refractivity contribution in [1.29, 1.82) is 0 Å². The van der Waals surface area contributed by atoms with Gasteiger partial charge < -0.3 is 0 Å². The van der Waals surface area contributed by atoms with Crippen LogP contribution in [-0.2, 0) is 12.8 Å². The van der Waals surface area contributed by atoms with E-state index < -0.39 is 0 Å². The number of pyridine rings is 1. The third-order valence-corrected chi connectivity index (χ3v) is 3.20. The van der Waals surface area contributed by atoms with Gasteiger partial charge in [-0.3, -0.25) is 9.78 Å². The summed E-state index contributed by atoms with van der Waals surface area (Å²) in [5, 5.41) is 0.493. The van der Waals surface area contributed by atoms with Gasteiger partial charge in [-0.2, -0.15) is 0 Å². The third-order valence-electron chi connectivity index (χ3n) is 2.87. The Balaban J connectivity index is 2.17. The van der Waals surface area contributed by atoms with Crippen LogP contribution in [0.4, 0.5) is 0 Å². The summed E-state index contributed by atoms with van der Waals surface area (Å²) in [4.78, 5) is 15.1. The molecule has 0 spiro atoms. The van der Waals surface area contributed by atoms with Crippen molar-refractivity contribution in [2.45, 2.75) is 19.8 Å². The van der Waals surface area contributed by atoms with Crippen LogP contribution in [0.25, 0.3) is 0 Å². The first-order valence-electron chi connectivity index (χ1n) is 5.90. The second kappa shape index (κ2) is 5.78. The van der Waals surface area contributed by atoms with Gasteiger partial charge in [0.15, 0.2) is 6.29 Å². The number of benzene rings is 1. The van der Waals surface area contributed by atoms with Gasteiger partial charge in [0.1, 0.15) is 0 Å². The molecule has 2 nitrogen and oxygen atoms in total. The van der Waals surface area contributed by atoms with Gasteiger partial charge in [-0.05, 0) is 35.7 Å². The molecule has 0 bridgehead atoms. The lowest BCUT2D eigenvalue weighted by molar-refractivity contribution is 0.112. The lowest BCUT2D eigenvalue weighted by atomic mass is 10.1. The second-order valence-electron chi connectivity index (χ2n) is 4.16. The Morgan fingerprint density at radius 3 is 2.56 bits per heavy atom. The molecule has 0 N–H and O–H groups in total. The van der Waals surface area contributed by atoms with Crippen LogP contribution in [0, 0.1) is 0 Å². The van der Waals surface area contributed by atoms with Crippen molar-refractivity contribution in [2.24, 2.45) is 0 Å². The number of carbonyl (C=O) groups excluding carboxylic acids is 1. The number of aldehydes is 1. The number of rotatable bonds is 4. The Labute approximate surface area is 112 Å². The number of aromatic nitrogens is 1. The molecule has 2 rings (SSSR count). The molecule has 0 aliphatic rings. The summed E-state index contributed by atoms with van der Waals surface area (Å²) < 4.78 is 0. The summed E-state index contributed by atoms with van der Waals surface area (Å²) in [6, 6.07) is 9.58. The highest BCUT2D eigenvalue weighted by Crippen LogP contribution is 2.18. The molecule has 0 unspecified atom stereocenters. The molecular weight excluding hydrogens is 246 g/mol. The minimum Gasteiger partial charge on any atom is -0.298 e. The molecule has 2 aromatic rings. The molecule has 0 fully saturated rings. The molecule has 0 aliphatic carbocycles. The standard InChI is InChI=1S/C15H14ClNO/c1-2-11-4-6-14(17-9-11)7-12-3-5-13(10-18)15(16)8-12/h3-6,8-10H,2,7H2,1H3. The Bertz CT molecular complexity index is 549. The van der Waals surface area contributed by atoms with Crippen LogP contribution in [0.2, 0.25) is 5.02 Å². The van der Waals surface area contributed by atoms with Crippen LogP contribution >= 0.6 is 11.6 Å². The maximum Gasteiger partial charge on any atom is 0.151 e. The largest absolute Gasteiger partial charge is 0.298 e. The minimum atomic E-state index is 0.493. The number of nitrogens with zero attached hydrogens (tertiary/aromatic N) is 1. The van der Waals surface area contributed by atoms with Crippen LogP contribution in [0.15, 0.2) is 36.5 Å². The highest BCUT2D eigenvalue weighted by molar-refractivity contribution is 6.33. The zero-order chi connectivity index (χ0) is 13.0. The SMILES string of the molecule is CCc1ccc(Cc2ccc(C=O)c(Cl)c2)nc1. The van der Waals surface area contributed by atoms with Crippen molar-refractivity contribution in [3.8, 4) is 0 Å². The fraction of sp³-hybridized carbons (Fsp3) is 0.200. The Kier molecular flexibility index (Phi) is 4.11. The molecule has 0 amide bonds. The minimum absolute atomic E-state index is 0.493. The van der Waals surface area contributed by atoms with E-state index in [4.69, 9.17) is 11.6 Å². The summed E-state index contributed by atoms with van der Waals surface area (Å²) in [5.74, 6) is 0. The molecule has 0 saturated heterocycles. The lowest BCUT2D eigenvalue weighted by Crippen LogP contribution is -1.94. The van der Waals surface area contributed by atoms with E-state index in [1.165, 1.54) is 5.56 Å². The average Bonchev–Trinajstić information content (AvgIpc) is 2.40. The molecule has 0 aliphatic heterocycles. The first-order chi connectivity index (χ1) is 8.72. The Hall–Kier alpha value is -1.67. The zero-order valence-corrected chi connectivity index (χ0v) is 10.9. The number of halogens is 1. The van der Waals surface area contributed by atoms with Crippen LogP contribution in [0.5, 0.6) is 0 Å². The van der Waals surface area contributed by atoms with Crippen molar-refractivity contribution in [2.75, 3.05) is 0 Å². The summed E-state index contributed by atoms with van der Waals surface area (Å²) in [5.41, 5.74) is 3.81. The van der Waals surface area contributed by atoms with E-state index in [-0.39, 0.29) is 0 Å². The van der Waals surface area contributed by atoms with Crippen molar-refractivity contribution in [3.05, 3.63) is 63.9 Å². The van der Waals surface area contributed by atoms with Crippen molar-refractivity contribution < 1.29 is 4.79 Å². The predicted molar refractivity (Wildman–Crippen MR) is 73.3 cm³/mol. The van der Waals surface area contributed by atoms with Gasteiger partial charge >= 0.3 is 0 Å². The summed E-state index contributed by atoms with van der Waals surface area (Å²) >= 11 is 5.99. The molecular formula is C15H14ClNO. The average molecular weight is 260 g/mol. The monoisotopic (exact) mass is 259 g/mol. The van der Waals surface area contributed by atoms with Crippen molar-refractivity contribution >= 4 is 17.9 Å². The van der Waals surface area contributed by atoms with Gasteiger partial charge in [-0.15, -0.1) is 0 Å². The van der Waals surface area contributed by atoms with Gasteiger partial charge in [0.05, 0.1) is 5.02 Å². The number of hydrogen-bond acceptors (Lipinski definition) is 2. The Morgan fingerprint density at radius 1 is 1.22 bits per heavy atom. The smallest absolute Gasteiger partial charge is 0.151 e. The van der Waals surface area contributed by atoms with Crippen LogP contribution in [0.3, 0.4) is 0 Å². The molecule has 3 heteroatoms. The zero-order valence-electron chi connectivity index (χ0n) is 10.2. The van der Waals surface area contributed by atoms with Gasteiger partial charge in [-0.25, -0.2) is 0 Å². The van der Waals surface area contributed by atoms with E-state index in [1.807, 2.05) is 24.4 Å². The summed E-state index contributed by atoms with van der Waals surface area (Å²) in [6.45, 7) is 2.11. The van der Waals surface area contributed by atoms with Crippen molar-refractivity contribution in [3.63, 3.8) is 0 Å². The maximum atomic E-state index is 10.7. The van der Waals surface area contributed by atoms with Crippen LogP contribution in [0.1, 0.15) is 34.1 Å². The van der Waals surface area contributed by atoms with Crippen molar-refractivity contribution in [1.82, 2.24) is 4.98 Å². The normalized spacial score (nSPS) is 10.3. The topological polar surface area (TPSA) is 30.0 Å². The lowest BCUT2D eigenvalue weighted by Gasteiger charge is -2.04. The Morgan fingerprint density at radius 2 is 2.00 bits per heavy atom. The van der Waals surface area contributed by atoms with E-state index in [2.05, 4.69) is 18.0 Å². The van der Waals surface area contributed by atoms with Gasteiger partial charge in [0.25, 0.3) is 0 Å².